The number of carbonyl (C=O) groups is 2. The van der Waals surface area contributed by atoms with Gasteiger partial charge in [-0.1, -0.05) is 6.07 Å². The number of fused-ring (bicyclic) bond motifs is 5. The van der Waals surface area contributed by atoms with Crippen molar-refractivity contribution in [1.82, 2.24) is 14.8 Å². The lowest BCUT2D eigenvalue weighted by molar-refractivity contribution is 0.0653. The topological polar surface area (TPSA) is 91.6 Å². The van der Waals surface area contributed by atoms with Crippen molar-refractivity contribution in [2.24, 2.45) is 0 Å². The van der Waals surface area contributed by atoms with Crippen molar-refractivity contribution in [3.8, 4) is 5.75 Å². The minimum Gasteiger partial charge on any atom is -0.503 e. The second-order valence-corrected chi connectivity index (χ2v) is 8.46. The smallest absolute Gasteiger partial charge is 0.274 e. The highest BCUT2D eigenvalue weighted by atomic mass is 19.1. The molecule has 1 aromatic heterocycles. The molecule has 0 fully saturated rings. The fraction of sp³-hybridized carbons (Fsp3) is 0.208. The first kappa shape index (κ1) is 22.6. The number of aromatic nitrogens is 1. The molecule has 1 atom stereocenters. The molecule has 0 saturated carbocycles. The Morgan fingerprint density at radius 1 is 1.03 bits per heavy atom. The number of carbonyl (C=O) groups excluding carboxylic acids is 2. The van der Waals surface area contributed by atoms with Crippen LogP contribution in [0.4, 0.5) is 17.6 Å². The van der Waals surface area contributed by atoms with Crippen molar-refractivity contribution in [3.63, 3.8) is 0 Å². The van der Waals surface area contributed by atoms with Crippen molar-refractivity contribution in [3.05, 3.63) is 98.0 Å². The van der Waals surface area contributed by atoms with E-state index < -0.39 is 70.0 Å². The van der Waals surface area contributed by atoms with E-state index >= 15 is 0 Å². The number of pyridine rings is 1. The molecule has 2 aliphatic rings. The largest absolute Gasteiger partial charge is 0.503 e. The van der Waals surface area contributed by atoms with Gasteiger partial charge >= 0.3 is 0 Å². The lowest BCUT2D eigenvalue weighted by Crippen LogP contribution is -2.44. The lowest BCUT2D eigenvalue weighted by atomic mass is 10.0. The number of nitrogens with one attached hydrogen (secondary N) is 1. The second kappa shape index (κ2) is 8.26. The first-order chi connectivity index (χ1) is 16.6. The van der Waals surface area contributed by atoms with Crippen molar-refractivity contribution in [2.75, 3.05) is 6.54 Å². The van der Waals surface area contributed by atoms with Gasteiger partial charge < -0.3 is 19.9 Å². The van der Waals surface area contributed by atoms with E-state index in [9.17, 15) is 37.1 Å². The van der Waals surface area contributed by atoms with Gasteiger partial charge in [-0.05, 0) is 29.7 Å². The van der Waals surface area contributed by atoms with Crippen molar-refractivity contribution in [2.45, 2.75) is 25.6 Å². The summed E-state index contributed by atoms with van der Waals surface area (Å²) in [4.78, 5) is 39.9. The van der Waals surface area contributed by atoms with Crippen LogP contribution >= 0.6 is 0 Å². The Kier molecular flexibility index (Phi) is 5.34. The van der Waals surface area contributed by atoms with E-state index in [-0.39, 0.29) is 18.8 Å². The summed E-state index contributed by atoms with van der Waals surface area (Å²) in [5.74, 6) is -6.66. The molecule has 3 aromatic rings. The van der Waals surface area contributed by atoms with Gasteiger partial charge in [-0.2, -0.15) is 0 Å². The molecule has 0 spiro atoms. The Hall–Kier alpha value is -4.15. The molecule has 11 heteroatoms. The normalized spacial score (nSPS) is 16.4. The summed E-state index contributed by atoms with van der Waals surface area (Å²) in [6.45, 7) is -0.404. The molecule has 3 heterocycles. The Bertz CT molecular complexity index is 1450. The Morgan fingerprint density at radius 3 is 2.46 bits per heavy atom. The second-order valence-electron chi connectivity index (χ2n) is 8.46. The van der Waals surface area contributed by atoms with Gasteiger partial charge in [-0.3, -0.25) is 14.4 Å². The number of hydrogen-bond acceptors (Lipinski definition) is 4. The van der Waals surface area contributed by atoms with Crippen molar-refractivity contribution >= 4 is 11.8 Å². The molecule has 2 bridgehead atoms. The summed E-state index contributed by atoms with van der Waals surface area (Å²) in [6.07, 6.45) is 1.46. The van der Waals surface area contributed by atoms with E-state index in [4.69, 9.17) is 0 Å². The van der Waals surface area contributed by atoms with Gasteiger partial charge in [0.15, 0.2) is 11.4 Å². The molecular weight excluding hydrogens is 470 g/mol. The van der Waals surface area contributed by atoms with E-state index in [0.717, 1.165) is 11.8 Å². The first-order valence-electron chi connectivity index (χ1n) is 10.6. The summed E-state index contributed by atoms with van der Waals surface area (Å²) in [5, 5.41) is 12.8. The minimum atomic E-state index is -1.22. The monoisotopic (exact) mass is 487 g/mol. The molecule has 2 amide bonds. The van der Waals surface area contributed by atoms with Crippen LogP contribution in [0.15, 0.2) is 41.3 Å². The fourth-order valence-corrected chi connectivity index (χ4v) is 4.56. The van der Waals surface area contributed by atoms with E-state index in [1.54, 1.807) is 6.07 Å². The predicted octanol–water partition coefficient (Wildman–Crippen LogP) is 2.79. The molecule has 7 nitrogen and oxygen atoms in total. The first-order valence-corrected chi connectivity index (χ1v) is 10.6. The zero-order valence-corrected chi connectivity index (χ0v) is 17.9. The summed E-state index contributed by atoms with van der Waals surface area (Å²) >= 11 is 0. The third-order valence-electron chi connectivity index (χ3n) is 6.29. The van der Waals surface area contributed by atoms with Gasteiger partial charge in [0.25, 0.3) is 11.8 Å². The SMILES string of the molecule is O=C(NCc1c(F)cc(F)cc1F)c1cn2c(c(O)c1=O)C(=O)N1Cc3cc(F)ccc3CC2C1. The number of halogens is 4. The number of aromatic hydroxyl groups is 1. The summed E-state index contributed by atoms with van der Waals surface area (Å²) in [5.41, 5.74) is -1.22. The van der Waals surface area contributed by atoms with Crippen LogP contribution in [0.25, 0.3) is 0 Å². The number of amides is 2. The quantitative estimate of drug-likeness (QED) is 0.556. The number of nitrogens with zero attached hydrogens (tertiary/aromatic N) is 2. The summed E-state index contributed by atoms with van der Waals surface area (Å²) in [6, 6.07) is 4.65. The van der Waals surface area contributed by atoms with Crippen LogP contribution in [0.2, 0.25) is 0 Å². The molecule has 180 valence electrons. The van der Waals surface area contributed by atoms with E-state index in [1.807, 2.05) is 0 Å². The summed E-state index contributed by atoms with van der Waals surface area (Å²) in [7, 11) is 0. The average Bonchev–Trinajstić information content (AvgIpc) is 2.96. The van der Waals surface area contributed by atoms with Crippen LogP contribution in [0.5, 0.6) is 5.75 Å². The van der Waals surface area contributed by atoms with Crippen LogP contribution in [0.1, 0.15) is 43.6 Å². The Morgan fingerprint density at radius 2 is 1.74 bits per heavy atom. The summed E-state index contributed by atoms with van der Waals surface area (Å²) < 4.78 is 56.0. The van der Waals surface area contributed by atoms with Gasteiger partial charge in [0.2, 0.25) is 5.43 Å². The van der Waals surface area contributed by atoms with Crippen LogP contribution in [0, 0.1) is 23.3 Å². The van der Waals surface area contributed by atoms with Crippen LogP contribution in [-0.2, 0) is 19.5 Å². The highest BCUT2D eigenvalue weighted by molar-refractivity contribution is 5.99. The molecule has 0 aliphatic carbocycles. The lowest BCUT2D eigenvalue weighted by Gasteiger charge is -2.34. The molecule has 2 aliphatic heterocycles. The van der Waals surface area contributed by atoms with Gasteiger partial charge in [-0.15, -0.1) is 0 Å². The molecular formula is C24H17F4N3O4. The molecule has 0 saturated heterocycles. The molecule has 0 radical (unpaired) electrons. The van der Waals surface area contributed by atoms with Gasteiger partial charge in [0, 0.05) is 43.5 Å². The highest BCUT2D eigenvalue weighted by Crippen LogP contribution is 2.33. The maximum absolute atomic E-state index is 13.9. The van der Waals surface area contributed by atoms with E-state index in [2.05, 4.69) is 5.32 Å². The zero-order valence-electron chi connectivity index (χ0n) is 17.9. The third-order valence-corrected chi connectivity index (χ3v) is 6.29. The van der Waals surface area contributed by atoms with Crippen LogP contribution < -0.4 is 10.7 Å². The highest BCUT2D eigenvalue weighted by Gasteiger charge is 2.37. The van der Waals surface area contributed by atoms with Gasteiger partial charge in [0.1, 0.15) is 28.8 Å². The van der Waals surface area contributed by atoms with Gasteiger partial charge in [-0.25, -0.2) is 17.6 Å². The number of rotatable bonds is 3. The van der Waals surface area contributed by atoms with Crippen LogP contribution in [-0.4, -0.2) is 32.9 Å². The Labute approximate surface area is 195 Å². The molecule has 5 rings (SSSR count). The average molecular weight is 487 g/mol. The van der Waals surface area contributed by atoms with Crippen molar-refractivity contribution in [1.29, 1.82) is 0 Å². The van der Waals surface area contributed by atoms with Crippen molar-refractivity contribution < 1.29 is 32.3 Å². The van der Waals surface area contributed by atoms with E-state index in [1.165, 1.54) is 21.6 Å². The number of hydrogen-bond donors (Lipinski definition) is 2. The van der Waals surface area contributed by atoms with E-state index in [0.29, 0.717) is 24.1 Å². The number of benzene rings is 2. The molecule has 35 heavy (non-hydrogen) atoms. The minimum absolute atomic E-state index is 0.0904. The zero-order chi connectivity index (χ0) is 25.0. The van der Waals surface area contributed by atoms with Crippen LogP contribution in [0.3, 0.4) is 0 Å². The van der Waals surface area contributed by atoms with Gasteiger partial charge in [0.05, 0.1) is 6.04 Å². The molecule has 1 unspecified atom stereocenters. The molecule has 2 aromatic carbocycles. The standard InChI is InChI=1S/C24H17F4N3O4/c25-13-2-1-11-4-15-9-30(8-12(11)3-13)24(35)20-22(33)21(32)17(10-31(15)20)23(34)29-7-16-18(27)5-14(26)6-19(16)28/h1-3,5-6,10,15,33H,4,7-9H2,(H,29,34). The predicted molar refractivity (Wildman–Crippen MR) is 114 cm³/mol. The maximum Gasteiger partial charge on any atom is 0.274 e. The third kappa shape index (κ3) is 3.82. The molecule has 2 N–H and O–H groups in total. The maximum atomic E-state index is 13.9. The Balaban J connectivity index is 1.51. The fourth-order valence-electron chi connectivity index (χ4n) is 4.56.